The van der Waals surface area contributed by atoms with Gasteiger partial charge < -0.3 is 30.8 Å². The van der Waals surface area contributed by atoms with E-state index >= 15 is 8.78 Å². The number of nitrogens with zero attached hydrogens (tertiary/aromatic N) is 2. The van der Waals surface area contributed by atoms with E-state index < -0.39 is 34.9 Å². The van der Waals surface area contributed by atoms with Crippen molar-refractivity contribution in [2.75, 3.05) is 0 Å². The van der Waals surface area contributed by atoms with E-state index in [0.29, 0.717) is 10.9 Å². The number of rotatable bonds is 13. The second-order valence-corrected chi connectivity index (χ2v) is 13.7. The number of hydrogen-bond donors (Lipinski definition) is 5. The van der Waals surface area contributed by atoms with Gasteiger partial charge in [0.05, 0.1) is 12.0 Å². The number of hydrogen-bond acceptors (Lipinski definition) is 5. The number of fused-ring (bicyclic) bond motifs is 1. The number of nitrogens with two attached hydrogens (primary N) is 1. The van der Waals surface area contributed by atoms with Gasteiger partial charge in [-0.05, 0) is 84.3 Å². The maximum absolute atomic E-state index is 15.3. The Balaban J connectivity index is 1.46. The summed E-state index contributed by atoms with van der Waals surface area (Å²) in [5.74, 6) is -2.12. The zero-order chi connectivity index (χ0) is 33.9. The van der Waals surface area contributed by atoms with Crippen molar-refractivity contribution in [3.05, 3.63) is 99.0 Å². The summed E-state index contributed by atoms with van der Waals surface area (Å²) < 4.78 is 37.5. The van der Waals surface area contributed by atoms with Crippen LogP contribution < -0.4 is 10.5 Å². The van der Waals surface area contributed by atoms with Crippen LogP contribution in [0.25, 0.3) is 22.3 Å². The van der Waals surface area contributed by atoms with Gasteiger partial charge >= 0.3 is 5.97 Å². The number of aliphatic carboxylic acids is 1. The van der Waals surface area contributed by atoms with Gasteiger partial charge in [-0.1, -0.05) is 44.0 Å². The molecule has 1 unspecified atom stereocenters. The highest BCUT2D eigenvalue weighted by atomic mass is 127. The Kier molecular flexibility index (Phi) is 9.89. The van der Waals surface area contributed by atoms with Gasteiger partial charge in [0.1, 0.15) is 23.2 Å². The van der Waals surface area contributed by atoms with E-state index in [1.54, 1.807) is 18.5 Å². The molecule has 3 aromatic carbocycles. The number of unbranched alkanes of at least 4 members (excludes halogenated alkanes) is 1. The standard InChI is InChI=1S/C35H36F2IN5O4/c1-34(2,33(39)43-46)12-4-5-13-35(3,20-7-6-8-21(38)15-20)29-19-41-32(42-29)25-16-22(9-10-26(25)36)47-31-24(17-30(44)45)23-11-14-40-28(23)18-27(31)37/h6-11,14-16,18-19,40,46H,4-5,12-13,17H2,1-3H3,(H2,39,43)(H,41,42)(H,44,45). The Morgan fingerprint density at radius 3 is 2.55 bits per heavy atom. The van der Waals surface area contributed by atoms with Gasteiger partial charge in [-0.15, -0.1) is 0 Å². The van der Waals surface area contributed by atoms with E-state index in [0.717, 1.165) is 40.5 Å². The molecule has 0 radical (unpaired) electrons. The number of halogens is 3. The van der Waals surface area contributed by atoms with E-state index in [1.807, 2.05) is 26.0 Å². The Morgan fingerprint density at radius 2 is 1.83 bits per heavy atom. The molecule has 0 aliphatic rings. The van der Waals surface area contributed by atoms with E-state index in [-0.39, 0.29) is 34.3 Å². The van der Waals surface area contributed by atoms with E-state index in [1.165, 1.54) is 24.3 Å². The zero-order valence-electron chi connectivity index (χ0n) is 26.2. The smallest absolute Gasteiger partial charge is 0.307 e. The summed E-state index contributed by atoms with van der Waals surface area (Å²) in [6.45, 7) is 5.99. The van der Waals surface area contributed by atoms with Gasteiger partial charge in [0.2, 0.25) is 0 Å². The number of benzene rings is 3. The lowest BCUT2D eigenvalue weighted by atomic mass is 9.75. The molecule has 5 aromatic rings. The van der Waals surface area contributed by atoms with Crippen LogP contribution in [0.5, 0.6) is 11.5 Å². The molecule has 9 nitrogen and oxygen atoms in total. The van der Waals surface area contributed by atoms with Crippen molar-refractivity contribution in [3.63, 3.8) is 0 Å². The topological polar surface area (TPSA) is 150 Å². The van der Waals surface area contributed by atoms with Crippen molar-refractivity contribution in [1.29, 1.82) is 0 Å². The summed E-state index contributed by atoms with van der Waals surface area (Å²) in [6.07, 6.45) is 5.94. The molecule has 0 bridgehead atoms. The lowest BCUT2D eigenvalue weighted by Gasteiger charge is -2.30. The Hall–Kier alpha value is -4.46. The first-order valence-electron chi connectivity index (χ1n) is 15.1. The van der Waals surface area contributed by atoms with Crippen molar-refractivity contribution in [3.8, 4) is 22.9 Å². The first-order valence-corrected chi connectivity index (χ1v) is 16.2. The van der Waals surface area contributed by atoms with Crippen molar-refractivity contribution < 1.29 is 28.6 Å². The van der Waals surface area contributed by atoms with Crippen LogP contribution in [0.2, 0.25) is 0 Å². The summed E-state index contributed by atoms with van der Waals surface area (Å²) >= 11 is 2.28. The summed E-state index contributed by atoms with van der Waals surface area (Å²) in [5.41, 5.74) is 7.50. The molecule has 0 saturated heterocycles. The molecule has 6 N–H and O–H groups in total. The van der Waals surface area contributed by atoms with Crippen LogP contribution in [0.4, 0.5) is 8.78 Å². The van der Waals surface area contributed by atoms with Crippen LogP contribution in [0.3, 0.4) is 0 Å². The lowest BCUT2D eigenvalue weighted by Crippen LogP contribution is -2.32. The third-order valence-electron chi connectivity index (χ3n) is 8.77. The molecular weight excluding hydrogens is 719 g/mol. The fraction of sp³-hybridized carbons (Fsp3) is 0.286. The highest BCUT2D eigenvalue weighted by Gasteiger charge is 2.32. The maximum atomic E-state index is 15.3. The van der Waals surface area contributed by atoms with Crippen molar-refractivity contribution in [1.82, 2.24) is 15.0 Å². The van der Waals surface area contributed by atoms with Crippen molar-refractivity contribution in [2.24, 2.45) is 16.3 Å². The van der Waals surface area contributed by atoms with Crippen LogP contribution in [-0.2, 0) is 16.6 Å². The SMILES string of the molecule is CC(C)(CCCCC(C)(c1cccc(I)c1)c1cnc(-c2cc(Oc3c(F)cc4[nH]ccc4c3CC(=O)O)ccc2F)[nH]1)/C(N)=N/O. The number of imidazole rings is 1. The Morgan fingerprint density at radius 1 is 1.06 bits per heavy atom. The Bertz CT molecular complexity index is 1950. The van der Waals surface area contributed by atoms with E-state index in [2.05, 4.69) is 61.8 Å². The molecule has 47 heavy (non-hydrogen) atoms. The van der Waals surface area contributed by atoms with E-state index in [9.17, 15) is 9.90 Å². The fourth-order valence-electron chi connectivity index (χ4n) is 5.84. The quantitative estimate of drug-likeness (QED) is 0.0203. The molecule has 1 atom stereocenters. The van der Waals surface area contributed by atoms with Crippen LogP contribution in [-0.4, -0.2) is 37.1 Å². The summed E-state index contributed by atoms with van der Waals surface area (Å²) in [5, 5.41) is 22.4. The fourth-order valence-corrected chi connectivity index (χ4v) is 6.38. The number of oxime groups is 1. The maximum Gasteiger partial charge on any atom is 0.307 e. The predicted molar refractivity (Wildman–Crippen MR) is 185 cm³/mol. The van der Waals surface area contributed by atoms with Crippen molar-refractivity contribution >= 4 is 45.3 Å². The summed E-state index contributed by atoms with van der Waals surface area (Å²) in [4.78, 5) is 22.4. The second kappa shape index (κ2) is 13.7. The summed E-state index contributed by atoms with van der Waals surface area (Å²) in [6, 6.07) is 15.1. The molecule has 2 aromatic heterocycles. The van der Waals surface area contributed by atoms with Crippen LogP contribution in [0, 0.1) is 20.6 Å². The largest absolute Gasteiger partial charge is 0.481 e. The second-order valence-electron chi connectivity index (χ2n) is 12.5. The monoisotopic (exact) mass is 755 g/mol. The average molecular weight is 756 g/mol. The predicted octanol–water partition coefficient (Wildman–Crippen LogP) is 8.50. The number of carbonyl (C=O) groups is 1. The van der Waals surface area contributed by atoms with Crippen LogP contribution >= 0.6 is 22.6 Å². The average Bonchev–Trinajstić information content (AvgIpc) is 3.72. The minimum atomic E-state index is -1.14. The molecule has 5 rings (SSSR count). The van der Waals surface area contributed by atoms with Gasteiger partial charge in [-0.3, -0.25) is 4.79 Å². The molecule has 0 saturated carbocycles. The highest BCUT2D eigenvalue weighted by molar-refractivity contribution is 14.1. The molecule has 0 amide bonds. The number of nitrogens with one attached hydrogen (secondary N) is 2. The molecule has 12 heteroatoms. The van der Waals surface area contributed by atoms with Gasteiger partial charge in [-0.2, -0.15) is 0 Å². The van der Waals surface area contributed by atoms with Gasteiger partial charge in [0, 0.05) is 55.0 Å². The molecule has 0 aliphatic heterocycles. The number of amidine groups is 1. The highest BCUT2D eigenvalue weighted by Crippen LogP contribution is 2.40. The number of aromatic amines is 2. The first-order chi connectivity index (χ1) is 22.3. The number of aromatic nitrogens is 3. The molecule has 2 heterocycles. The zero-order valence-corrected chi connectivity index (χ0v) is 28.4. The number of ether oxygens (including phenoxy) is 1. The minimum Gasteiger partial charge on any atom is -0.481 e. The molecule has 246 valence electrons. The number of carboxylic acid groups (broad SMARTS) is 1. The molecule has 0 aliphatic carbocycles. The normalized spacial score (nSPS) is 13.5. The van der Waals surface area contributed by atoms with E-state index in [4.69, 9.17) is 15.7 Å². The first kappa shape index (κ1) is 33.9. The Labute approximate surface area is 284 Å². The van der Waals surface area contributed by atoms with Gasteiger partial charge in [0.25, 0.3) is 0 Å². The minimum absolute atomic E-state index is 0.113. The van der Waals surface area contributed by atoms with Crippen molar-refractivity contribution in [2.45, 2.75) is 58.3 Å². The van der Waals surface area contributed by atoms with Crippen LogP contribution in [0.15, 0.2) is 72.1 Å². The lowest BCUT2D eigenvalue weighted by molar-refractivity contribution is -0.136. The third kappa shape index (κ3) is 7.27. The van der Waals surface area contributed by atoms with Gasteiger partial charge in [0.15, 0.2) is 11.6 Å². The third-order valence-corrected chi connectivity index (χ3v) is 9.44. The molecule has 0 spiro atoms. The van der Waals surface area contributed by atoms with Crippen LogP contribution in [0.1, 0.15) is 63.3 Å². The summed E-state index contributed by atoms with van der Waals surface area (Å²) in [7, 11) is 0. The molecular formula is C35H36F2IN5O4. The molecule has 0 fully saturated rings. The number of carboxylic acids is 1. The van der Waals surface area contributed by atoms with Gasteiger partial charge in [-0.25, -0.2) is 13.8 Å². The number of H-pyrrole nitrogens is 2.